The molecular formula is C21H29N5O. The van der Waals surface area contributed by atoms with Gasteiger partial charge in [-0.2, -0.15) is 0 Å². The molecule has 3 rings (SSSR count). The summed E-state index contributed by atoms with van der Waals surface area (Å²) >= 11 is 0. The molecule has 0 spiro atoms. The minimum absolute atomic E-state index is 0.00765. The van der Waals surface area contributed by atoms with Gasteiger partial charge in [0, 0.05) is 45.3 Å². The molecule has 1 aromatic heterocycles. The lowest BCUT2D eigenvalue weighted by atomic mass is 10.2. The van der Waals surface area contributed by atoms with Gasteiger partial charge in [-0.15, -0.1) is 0 Å². The number of anilines is 1. The molecule has 0 radical (unpaired) electrons. The van der Waals surface area contributed by atoms with Gasteiger partial charge in [0.1, 0.15) is 17.3 Å². The van der Waals surface area contributed by atoms with Crippen LogP contribution in [0, 0.1) is 6.92 Å². The molecule has 1 saturated heterocycles. The van der Waals surface area contributed by atoms with E-state index in [4.69, 9.17) is 0 Å². The van der Waals surface area contributed by atoms with Crippen LogP contribution in [-0.2, 0) is 6.54 Å². The zero-order valence-electron chi connectivity index (χ0n) is 16.6. The Hall–Kier alpha value is -2.47. The molecule has 1 amide bonds. The molecule has 0 aliphatic carbocycles. The Morgan fingerprint density at radius 1 is 1.07 bits per heavy atom. The van der Waals surface area contributed by atoms with Crippen LogP contribution in [0.25, 0.3) is 0 Å². The van der Waals surface area contributed by atoms with Gasteiger partial charge in [0.05, 0.1) is 0 Å². The Balaban J connectivity index is 1.77. The fourth-order valence-corrected chi connectivity index (χ4v) is 3.41. The zero-order valence-corrected chi connectivity index (χ0v) is 16.6. The summed E-state index contributed by atoms with van der Waals surface area (Å²) < 4.78 is 0. The third-order valence-electron chi connectivity index (χ3n) is 5.07. The molecule has 0 N–H and O–H groups in total. The van der Waals surface area contributed by atoms with Crippen LogP contribution in [0.3, 0.4) is 0 Å². The number of carbonyl (C=O) groups is 1. The standard InChI is InChI=1S/C21H29N5O/c1-4-24-11-13-26(14-12-24)21(27)19-15-20(23-17(3)22-19)25(5-2)16-18-9-7-6-8-10-18/h6-10,15H,4-5,11-14,16H2,1-3H3. The highest BCUT2D eigenvalue weighted by Gasteiger charge is 2.23. The van der Waals surface area contributed by atoms with Gasteiger partial charge in [-0.25, -0.2) is 9.97 Å². The number of likely N-dealkylation sites (N-methyl/N-ethyl adjacent to an activating group) is 1. The number of nitrogens with zero attached hydrogens (tertiary/aromatic N) is 5. The monoisotopic (exact) mass is 367 g/mol. The van der Waals surface area contributed by atoms with Gasteiger partial charge in [0.25, 0.3) is 5.91 Å². The van der Waals surface area contributed by atoms with E-state index < -0.39 is 0 Å². The van der Waals surface area contributed by atoms with Crippen LogP contribution in [0.5, 0.6) is 0 Å². The predicted octanol–water partition coefficient (Wildman–Crippen LogP) is 2.59. The summed E-state index contributed by atoms with van der Waals surface area (Å²) in [5.41, 5.74) is 1.72. The Bertz CT molecular complexity index is 756. The molecular weight excluding hydrogens is 338 g/mol. The van der Waals surface area contributed by atoms with E-state index in [1.54, 1.807) is 0 Å². The van der Waals surface area contributed by atoms with Crippen molar-refractivity contribution < 1.29 is 4.79 Å². The second kappa shape index (κ2) is 8.95. The fourth-order valence-electron chi connectivity index (χ4n) is 3.41. The number of amides is 1. The maximum Gasteiger partial charge on any atom is 0.272 e. The average Bonchev–Trinajstić information content (AvgIpc) is 2.71. The number of rotatable bonds is 6. The number of benzene rings is 1. The molecule has 0 atom stereocenters. The first-order valence-electron chi connectivity index (χ1n) is 9.77. The van der Waals surface area contributed by atoms with E-state index in [9.17, 15) is 4.79 Å². The maximum absolute atomic E-state index is 13.0. The highest BCUT2D eigenvalue weighted by molar-refractivity contribution is 5.93. The minimum atomic E-state index is 0.00765. The molecule has 0 unspecified atom stereocenters. The molecule has 1 aliphatic rings. The van der Waals surface area contributed by atoms with Gasteiger partial charge in [0.15, 0.2) is 0 Å². The van der Waals surface area contributed by atoms with Gasteiger partial charge in [-0.1, -0.05) is 37.3 Å². The topological polar surface area (TPSA) is 52.6 Å². The SMILES string of the molecule is CCN1CCN(C(=O)c2cc(N(CC)Cc3ccccc3)nc(C)n2)CC1. The first kappa shape index (κ1) is 19.3. The lowest BCUT2D eigenvalue weighted by Crippen LogP contribution is -2.48. The summed E-state index contributed by atoms with van der Waals surface area (Å²) in [4.78, 5) is 28.4. The first-order chi connectivity index (χ1) is 13.1. The Morgan fingerprint density at radius 3 is 2.41 bits per heavy atom. The van der Waals surface area contributed by atoms with Crippen LogP contribution in [0.2, 0.25) is 0 Å². The number of hydrogen-bond acceptors (Lipinski definition) is 5. The van der Waals surface area contributed by atoms with E-state index in [1.165, 1.54) is 5.56 Å². The van der Waals surface area contributed by atoms with Crippen molar-refractivity contribution in [2.45, 2.75) is 27.3 Å². The maximum atomic E-state index is 13.0. The first-order valence-corrected chi connectivity index (χ1v) is 9.77. The summed E-state index contributed by atoms with van der Waals surface area (Å²) in [5.74, 6) is 1.45. The van der Waals surface area contributed by atoms with Gasteiger partial charge in [-0.3, -0.25) is 4.79 Å². The van der Waals surface area contributed by atoms with Gasteiger partial charge >= 0.3 is 0 Å². The second-order valence-corrected chi connectivity index (χ2v) is 6.88. The van der Waals surface area contributed by atoms with E-state index in [-0.39, 0.29) is 5.91 Å². The predicted molar refractivity (Wildman–Crippen MR) is 108 cm³/mol. The molecule has 1 aromatic carbocycles. The third-order valence-corrected chi connectivity index (χ3v) is 5.07. The number of hydrogen-bond donors (Lipinski definition) is 0. The summed E-state index contributed by atoms with van der Waals surface area (Å²) in [6, 6.07) is 12.2. The Kier molecular flexibility index (Phi) is 6.40. The van der Waals surface area contributed by atoms with E-state index in [0.29, 0.717) is 11.5 Å². The van der Waals surface area contributed by atoms with Crippen molar-refractivity contribution in [3.8, 4) is 0 Å². The average molecular weight is 367 g/mol. The molecule has 1 fully saturated rings. The largest absolute Gasteiger partial charge is 0.352 e. The van der Waals surface area contributed by atoms with E-state index in [1.807, 2.05) is 36.1 Å². The van der Waals surface area contributed by atoms with Crippen molar-refractivity contribution in [2.75, 3.05) is 44.2 Å². The van der Waals surface area contributed by atoms with Crippen molar-refractivity contribution in [1.29, 1.82) is 0 Å². The molecule has 144 valence electrons. The highest BCUT2D eigenvalue weighted by Crippen LogP contribution is 2.17. The van der Waals surface area contributed by atoms with Crippen molar-refractivity contribution in [2.24, 2.45) is 0 Å². The van der Waals surface area contributed by atoms with Gasteiger partial charge < -0.3 is 14.7 Å². The van der Waals surface area contributed by atoms with Crippen LogP contribution in [0.1, 0.15) is 35.7 Å². The fraction of sp³-hybridized carbons (Fsp3) is 0.476. The number of piperazine rings is 1. The molecule has 0 saturated carbocycles. The quantitative estimate of drug-likeness (QED) is 0.785. The Morgan fingerprint density at radius 2 is 1.78 bits per heavy atom. The number of aromatic nitrogens is 2. The normalized spacial score (nSPS) is 15.0. The van der Waals surface area contributed by atoms with Crippen LogP contribution in [0.4, 0.5) is 5.82 Å². The van der Waals surface area contributed by atoms with Crippen LogP contribution in [-0.4, -0.2) is 64.9 Å². The second-order valence-electron chi connectivity index (χ2n) is 6.88. The van der Waals surface area contributed by atoms with E-state index in [2.05, 4.69) is 45.7 Å². The smallest absolute Gasteiger partial charge is 0.272 e. The zero-order chi connectivity index (χ0) is 19.2. The summed E-state index contributed by atoms with van der Waals surface area (Å²) in [6.45, 7) is 12.1. The summed E-state index contributed by atoms with van der Waals surface area (Å²) in [6.07, 6.45) is 0. The van der Waals surface area contributed by atoms with Gasteiger partial charge in [-0.05, 0) is 26.0 Å². The van der Waals surface area contributed by atoms with Gasteiger partial charge in [0.2, 0.25) is 0 Å². The van der Waals surface area contributed by atoms with E-state index >= 15 is 0 Å². The molecule has 6 heteroatoms. The summed E-state index contributed by atoms with van der Waals surface area (Å²) in [7, 11) is 0. The van der Waals surface area contributed by atoms with Crippen LogP contribution < -0.4 is 4.90 Å². The van der Waals surface area contributed by atoms with Crippen molar-refractivity contribution in [3.05, 3.63) is 53.5 Å². The minimum Gasteiger partial charge on any atom is -0.352 e. The van der Waals surface area contributed by atoms with Crippen molar-refractivity contribution in [3.63, 3.8) is 0 Å². The molecule has 1 aliphatic heterocycles. The molecule has 0 bridgehead atoms. The molecule has 6 nitrogen and oxygen atoms in total. The molecule has 2 aromatic rings. The molecule has 27 heavy (non-hydrogen) atoms. The van der Waals surface area contributed by atoms with Crippen LogP contribution >= 0.6 is 0 Å². The van der Waals surface area contributed by atoms with Crippen molar-refractivity contribution >= 4 is 11.7 Å². The lowest BCUT2D eigenvalue weighted by molar-refractivity contribution is 0.0637. The van der Waals surface area contributed by atoms with E-state index in [0.717, 1.165) is 51.6 Å². The number of carbonyl (C=O) groups excluding carboxylic acids is 1. The van der Waals surface area contributed by atoms with Crippen molar-refractivity contribution in [1.82, 2.24) is 19.8 Å². The lowest BCUT2D eigenvalue weighted by Gasteiger charge is -2.34. The highest BCUT2D eigenvalue weighted by atomic mass is 16.2. The summed E-state index contributed by atoms with van der Waals surface area (Å²) in [5, 5.41) is 0. The Labute approximate surface area is 161 Å². The molecule has 2 heterocycles. The van der Waals surface area contributed by atoms with Crippen LogP contribution in [0.15, 0.2) is 36.4 Å². The number of aryl methyl sites for hydroxylation is 1. The third kappa shape index (κ3) is 4.83.